The van der Waals surface area contributed by atoms with E-state index in [1.165, 1.54) is 4.72 Å². The fourth-order valence-electron chi connectivity index (χ4n) is 1.07. The minimum atomic E-state index is -5.63. The molecule has 0 aromatic carbocycles. The van der Waals surface area contributed by atoms with Gasteiger partial charge in [0.15, 0.2) is 0 Å². The summed E-state index contributed by atoms with van der Waals surface area (Å²) >= 11 is 0. The number of nitrogens with one attached hydrogen (secondary N) is 1. The molecule has 0 aliphatic rings. The second kappa shape index (κ2) is 6.44. The average Bonchev–Trinajstić information content (AvgIpc) is 2.22. The Balaban J connectivity index is 4.60. The summed E-state index contributed by atoms with van der Waals surface area (Å²) in [6, 6.07) is 0. The largest absolute Gasteiger partial charge is 0.511 e. The lowest BCUT2D eigenvalue weighted by Crippen LogP contribution is -2.49. The second-order valence-corrected chi connectivity index (χ2v) is 6.47. The zero-order chi connectivity index (χ0) is 18.0. The molecule has 0 aromatic heterocycles. The second-order valence-electron chi connectivity index (χ2n) is 4.80. The van der Waals surface area contributed by atoms with Crippen molar-refractivity contribution in [3.63, 3.8) is 0 Å². The summed E-state index contributed by atoms with van der Waals surface area (Å²) in [5, 5.41) is 0. The highest BCUT2D eigenvalue weighted by Crippen LogP contribution is 2.26. The number of ether oxygens (including phenoxy) is 1. The van der Waals surface area contributed by atoms with E-state index < -0.39 is 51.8 Å². The van der Waals surface area contributed by atoms with E-state index in [2.05, 4.69) is 11.3 Å². The summed E-state index contributed by atoms with van der Waals surface area (Å²) in [4.78, 5) is 11.0. The molecule has 1 N–H and O–H groups in total. The van der Waals surface area contributed by atoms with E-state index >= 15 is 0 Å². The maximum atomic E-state index is 12.2. The Kier molecular flexibility index (Phi) is 6.06. The highest BCUT2D eigenvalue weighted by Gasteiger charge is 2.48. The molecule has 130 valence electrons. The van der Waals surface area contributed by atoms with Crippen LogP contribution in [-0.4, -0.2) is 38.2 Å². The van der Waals surface area contributed by atoms with E-state index in [9.17, 15) is 39.6 Å². The van der Waals surface area contributed by atoms with E-state index in [4.69, 9.17) is 0 Å². The van der Waals surface area contributed by atoms with Crippen molar-refractivity contribution in [2.24, 2.45) is 0 Å². The summed E-state index contributed by atoms with van der Waals surface area (Å²) in [6.07, 6.45) is -5.48. The normalized spacial score (nSPS) is 13.8. The number of hydrogen-bond acceptors (Lipinski definition) is 4. The Labute approximate surface area is 122 Å². The standard InChI is InChI=1S/C10H13F6NO4S/c1-6(9(11,12)13)7(18)21-5-4-8(2,3)17-22(19,20)10(14,15)16/h17H,1,4-5H2,2-3H3. The molecule has 0 spiro atoms. The number of hydrogen-bond donors (Lipinski definition) is 1. The Hall–Kier alpha value is -1.30. The third kappa shape index (κ3) is 6.22. The third-order valence-electron chi connectivity index (χ3n) is 2.26. The molecule has 12 heteroatoms. The molecule has 0 saturated carbocycles. The monoisotopic (exact) mass is 357 g/mol. The van der Waals surface area contributed by atoms with Crippen LogP contribution in [0.2, 0.25) is 0 Å². The van der Waals surface area contributed by atoms with E-state index in [1.54, 1.807) is 0 Å². The fourth-order valence-corrected chi connectivity index (χ4v) is 2.02. The van der Waals surface area contributed by atoms with Crippen LogP contribution in [0.25, 0.3) is 0 Å². The van der Waals surface area contributed by atoms with Crippen LogP contribution in [0.1, 0.15) is 20.3 Å². The number of rotatable bonds is 6. The van der Waals surface area contributed by atoms with E-state index in [1.807, 2.05) is 0 Å². The van der Waals surface area contributed by atoms with Crippen LogP contribution in [-0.2, 0) is 19.6 Å². The molecule has 5 nitrogen and oxygen atoms in total. The smallest absolute Gasteiger partial charge is 0.462 e. The lowest BCUT2D eigenvalue weighted by Gasteiger charge is -2.26. The average molecular weight is 357 g/mol. The summed E-state index contributed by atoms with van der Waals surface area (Å²) < 4.78 is 100. The van der Waals surface area contributed by atoms with Crippen molar-refractivity contribution in [3.05, 3.63) is 12.2 Å². The van der Waals surface area contributed by atoms with Gasteiger partial charge in [0.05, 0.1) is 6.61 Å². The maximum Gasteiger partial charge on any atom is 0.511 e. The summed E-state index contributed by atoms with van der Waals surface area (Å²) in [7, 11) is -5.63. The van der Waals surface area contributed by atoms with Crippen molar-refractivity contribution < 1.29 is 44.3 Å². The number of carbonyl (C=O) groups excluding carboxylic acids is 1. The number of sulfonamides is 1. The van der Waals surface area contributed by atoms with Gasteiger partial charge in [-0.2, -0.15) is 26.3 Å². The van der Waals surface area contributed by atoms with Gasteiger partial charge in [-0.25, -0.2) is 17.9 Å². The molecule has 0 bridgehead atoms. The molecular formula is C10H13F6NO4S. The van der Waals surface area contributed by atoms with Gasteiger partial charge in [-0.15, -0.1) is 0 Å². The van der Waals surface area contributed by atoms with Crippen molar-refractivity contribution in [3.8, 4) is 0 Å². The summed E-state index contributed by atoms with van der Waals surface area (Å²) in [5.41, 5.74) is -9.01. The van der Waals surface area contributed by atoms with Crippen molar-refractivity contribution in [1.29, 1.82) is 0 Å². The molecule has 0 heterocycles. The summed E-state index contributed by atoms with van der Waals surface area (Å²) in [5.74, 6) is -1.79. The molecule has 0 unspecified atom stereocenters. The van der Waals surface area contributed by atoms with Crippen molar-refractivity contribution in [2.45, 2.75) is 37.5 Å². The number of halogens is 6. The molecule has 0 radical (unpaired) electrons. The topological polar surface area (TPSA) is 72.5 Å². The molecular weight excluding hydrogens is 344 g/mol. The maximum absolute atomic E-state index is 12.2. The molecule has 22 heavy (non-hydrogen) atoms. The van der Waals surface area contributed by atoms with Gasteiger partial charge in [0.25, 0.3) is 0 Å². The van der Waals surface area contributed by atoms with Crippen LogP contribution >= 0.6 is 0 Å². The SMILES string of the molecule is C=C(C(=O)OCCC(C)(C)NS(=O)(=O)C(F)(F)F)C(F)(F)F. The number of carbonyl (C=O) groups is 1. The molecule has 0 rings (SSSR count). The van der Waals surface area contributed by atoms with Gasteiger partial charge in [-0.3, -0.25) is 0 Å². The third-order valence-corrected chi connectivity index (χ3v) is 3.69. The first-order valence-corrected chi connectivity index (χ1v) is 7.01. The van der Waals surface area contributed by atoms with Gasteiger partial charge in [-0.1, -0.05) is 6.58 Å². The molecule has 0 amide bonds. The Morgan fingerprint density at radius 2 is 1.59 bits per heavy atom. The molecule has 0 aromatic rings. The van der Waals surface area contributed by atoms with E-state index in [-0.39, 0.29) is 0 Å². The molecule has 0 aliphatic carbocycles. The van der Waals surface area contributed by atoms with Crippen LogP contribution in [0.5, 0.6) is 0 Å². The molecule has 0 atom stereocenters. The van der Waals surface area contributed by atoms with Gasteiger partial charge in [0, 0.05) is 12.0 Å². The van der Waals surface area contributed by atoms with Gasteiger partial charge in [0.2, 0.25) is 0 Å². The van der Waals surface area contributed by atoms with Crippen molar-refractivity contribution in [1.82, 2.24) is 4.72 Å². The zero-order valence-electron chi connectivity index (χ0n) is 11.4. The molecule has 0 aliphatic heterocycles. The van der Waals surface area contributed by atoms with Crippen LogP contribution in [0.4, 0.5) is 26.3 Å². The minimum Gasteiger partial charge on any atom is -0.462 e. The van der Waals surface area contributed by atoms with Crippen LogP contribution < -0.4 is 4.72 Å². The highest BCUT2D eigenvalue weighted by atomic mass is 32.2. The van der Waals surface area contributed by atoms with E-state index in [0.29, 0.717) is 0 Å². The lowest BCUT2D eigenvalue weighted by molar-refractivity contribution is -0.150. The van der Waals surface area contributed by atoms with Gasteiger partial charge in [0.1, 0.15) is 5.57 Å². The fraction of sp³-hybridized carbons (Fsp3) is 0.700. The van der Waals surface area contributed by atoms with Crippen LogP contribution in [0.15, 0.2) is 12.2 Å². The highest BCUT2D eigenvalue weighted by molar-refractivity contribution is 7.90. The Bertz CT molecular complexity index is 535. The first-order chi connectivity index (χ1) is 9.50. The number of esters is 1. The van der Waals surface area contributed by atoms with Crippen LogP contribution in [0.3, 0.4) is 0 Å². The van der Waals surface area contributed by atoms with Crippen molar-refractivity contribution >= 4 is 16.0 Å². The number of alkyl halides is 6. The predicted octanol–water partition coefficient (Wildman–Crippen LogP) is 2.26. The van der Waals surface area contributed by atoms with Gasteiger partial charge < -0.3 is 4.74 Å². The quantitative estimate of drug-likeness (QED) is 0.450. The summed E-state index contributed by atoms with van der Waals surface area (Å²) in [6.45, 7) is 3.83. The molecule has 0 fully saturated rings. The lowest BCUT2D eigenvalue weighted by atomic mass is 10.0. The van der Waals surface area contributed by atoms with Gasteiger partial charge in [-0.05, 0) is 13.8 Å². The zero-order valence-corrected chi connectivity index (χ0v) is 12.2. The van der Waals surface area contributed by atoms with Gasteiger partial charge >= 0.3 is 27.7 Å². The Morgan fingerprint density at radius 1 is 1.14 bits per heavy atom. The first kappa shape index (κ1) is 20.7. The Morgan fingerprint density at radius 3 is 1.95 bits per heavy atom. The predicted molar refractivity (Wildman–Crippen MR) is 63.0 cm³/mol. The van der Waals surface area contributed by atoms with Crippen LogP contribution in [0, 0.1) is 0 Å². The van der Waals surface area contributed by atoms with E-state index in [0.717, 1.165) is 13.8 Å². The van der Waals surface area contributed by atoms with Crippen molar-refractivity contribution in [2.75, 3.05) is 6.61 Å². The molecule has 0 saturated heterocycles. The first-order valence-electron chi connectivity index (χ1n) is 5.53. The minimum absolute atomic E-state index is 0.487.